The third kappa shape index (κ3) is 7.81. The molecule has 0 aromatic heterocycles. The number of rotatable bonds is 9. The molecule has 0 aliphatic heterocycles. The van der Waals surface area contributed by atoms with Gasteiger partial charge in [-0.25, -0.2) is 0 Å². The lowest BCUT2D eigenvalue weighted by atomic mass is 10.1. The Morgan fingerprint density at radius 3 is 2.12 bits per heavy atom. The molecule has 2 aromatic carbocycles. The molecule has 3 N–H and O–H groups in total. The van der Waals surface area contributed by atoms with Gasteiger partial charge in [0, 0.05) is 35.6 Å². The highest BCUT2D eigenvalue weighted by atomic mass is 19.4. The Bertz CT molecular complexity index is 987. The van der Waals surface area contributed by atoms with Crippen LogP contribution in [0.3, 0.4) is 0 Å². The number of nitrogens with one attached hydrogen (secondary N) is 3. The van der Waals surface area contributed by atoms with E-state index in [2.05, 4.69) is 10.6 Å². The summed E-state index contributed by atoms with van der Waals surface area (Å²) in [6.07, 6.45) is -4.50. The van der Waals surface area contributed by atoms with Crippen LogP contribution in [0.2, 0.25) is 0 Å². The van der Waals surface area contributed by atoms with Crippen molar-refractivity contribution < 1.29 is 27.6 Å². The fraction of sp³-hybridized carbons (Fsp3) is 0.348. The summed E-state index contributed by atoms with van der Waals surface area (Å²) in [5.74, 6) is -1.32. The van der Waals surface area contributed by atoms with Crippen molar-refractivity contribution in [2.45, 2.75) is 26.9 Å². The number of carbonyl (C=O) groups is 3. The fourth-order valence-corrected chi connectivity index (χ4v) is 3.01. The maximum Gasteiger partial charge on any atom is 0.405 e. The summed E-state index contributed by atoms with van der Waals surface area (Å²) < 4.78 is 36.9. The molecule has 7 nitrogen and oxygen atoms in total. The van der Waals surface area contributed by atoms with Crippen molar-refractivity contribution in [3.8, 4) is 0 Å². The predicted molar refractivity (Wildman–Crippen MR) is 120 cm³/mol. The summed E-state index contributed by atoms with van der Waals surface area (Å²) in [6.45, 7) is 5.18. The van der Waals surface area contributed by atoms with Gasteiger partial charge in [0.15, 0.2) is 0 Å². The zero-order valence-electron chi connectivity index (χ0n) is 18.7. The van der Waals surface area contributed by atoms with E-state index in [1.807, 2.05) is 19.2 Å². The Hall–Kier alpha value is -3.56. The molecule has 0 bridgehead atoms. The molecule has 0 saturated carbocycles. The van der Waals surface area contributed by atoms with Gasteiger partial charge in [-0.2, -0.15) is 13.2 Å². The molecule has 0 fully saturated rings. The fourth-order valence-electron chi connectivity index (χ4n) is 3.01. The van der Waals surface area contributed by atoms with Crippen LogP contribution in [-0.2, 0) is 4.79 Å². The first-order valence-corrected chi connectivity index (χ1v) is 10.4. The Kier molecular flexibility index (Phi) is 8.84. The standard InChI is InChI=1S/C23H27F3N4O3/c1-4-30(5-2)22(33)16-8-10-18(11-9-16)29-20(31)13-27-19-12-17(7-6-15(19)3)21(32)28-14-23(24,25)26/h6-12,27H,4-5,13-14H2,1-3H3,(H,28,32)(H,29,31). The number of anilines is 2. The third-order valence-electron chi connectivity index (χ3n) is 4.85. The highest BCUT2D eigenvalue weighted by Gasteiger charge is 2.28. The third-order valence-corrected chi connectivity index (χ3v) is 4.85. The van der Waals surface area contributed by atoms with Crippen LogP contribution < -0.4 is 16.0 Å². The van der Waals surface area contributed by atoms with E-state index in [9.17, 15) is 27.6 Å². The van der Waals surface area contributed by atoms with Crippen molar-refractivity contribution in [1.82, 2.24) is 10.2 Å². The topological polar surface area (TPSA) is 90.5 Å². The largest absolute Gasteiger partial charge is 0.405 e. The van der Waals surface area contributed by atoms with Crippen molar-refractivity contribution in [1.29, 1.82) is 0 Å². The smallest absolute Gasteiger partial charge is 0.376 e. The van der Waals surface area contributed by atoms with E-state index >= 15 is 0 Å². The number of hydrogen-bond donors (Lipinski definition) is 3. The van der Waals surface area contributed by atoms with Gasteiger partial charge in [0.2, 0.25) is 5.91 Å². The lowest BCUT2D eigenvalue weighted by molar-refractivity contribution is -0.123. The molecule has 33 heavy (non-hydrogen) atoms. The molecule has 3 amide bonds. The van der Waals surface area contributed by atoms with Crippen LogP contribution in [0.4, 0.5) is 24.5 Å². The lowest BCUT2D eigenvalue weighted by Crippen LogP contribution is -2.33. The Morgan fingerprint density at radius 2 is 1.55 bits per heavy atom. The maximum absolute atomic E-state index is 12.3. The molecule has 0 unspecified atom stereocenters. The van der Waals surface area contributed by atoms with Gasteiger partial charge in [-0.15, -0.1) is 0 Å². The van der Waals surface area contributed by atoms with Crippen molar-refractivity contribution in [2.75, 3.05) is 36.8 Å². The zero-order chi connectivity index (χ0) is 24.6. The van der Waals surface area contributed by atoms with Gasteiger partial charge in [-0.05, 0) is 62.7 Å². The van der Waals surface area contributed by atoms with Gasteiger partial charge in [0.05, 0.1) is 6.54 Å². The maximum atomic E-state index is 12.3. The minimum absolute atomic E-state index is 0.0428. The second-order valence-electron chi connectivity index (χ2n) is 7.28. The van der Waals surface area contributed by atoms with Crippen LogP contribution in [0.5, 0.6) is 0 Å². The first kappa shape index (κ1) is 25.7. The molecular weight excluding hydrogens is 437 g/mol. The summed E-state index contributed by atoms with van der Waals surface area (Å²) in [6, 6.07) is 10.9. The Morgan fingerprint density at radius 1 is 0.939 bits per heavy atom. The monoisotopic (exact) mass is 464 g/mol. The average Bonchev–Trinajstić information content (AvgIpc) is 2.77. The number of carbonyl (C=O) groups excluding carboxylic acids is 3. The van der Waals surface area contributed by atoms with E-state index < -0.39 is 18.6 Å². The van der Waals surface area contributed by atoms with Gasteiger partial charge < -0.3 is 20.9 Å². The van der Waals surface area contributed by atoms with Crippen LogP contribution >= 0.6 is 0 Å². The van der Waals surface area contributed by atoms with E-state index in [1.165, 1.54) is 12.1 Å². The Balaban J connectivity index is 1.95. The van der Waals surface area contributed by atoms with Crippen LogP contribution in [0.25, 0.3) is 0 Å². The normalized spacial score (nSPS) is 11.0. The van der Waals surface area contributed by atoms with Crippen molar-refractivity contribution in [3.05, 3.63) is 59.2 Å². The molecule has 0 atom stereocenters. The molecule has 2 aromatic rings. The lowest BCUT2D eigenvalue weighted by Gasteiger charge is -2.18. The van der Waals surface area contributed by atoms with Gasteiger partial charge in [0.25, 0.3) is 11.8 Å². The zero-order valence-corrected chi connectivity index (χ0v) is 18.7. The van der Waals surface area contributed by atoms with E-state index in [4.69, 9.17) is 0 Å². The van der Waals surface area contributed by atoms with Gasteiger partial charge >= 0.3 is 6.18 Å². The van der Waals surface area contributed by atoms with Gasteiger partial charge in [-0.3, -0.25) is 14.4 Å². The van der Waals surface area contributed by atoms with Crippen LogP contribution in [0.15, 0.2) is 42.5 Å². The predicted octanol–water partition coefficient (Wildman–Crippen LogP) is 3.82. The van der Waals surface area contributed by atoms with Gasteiger partial charge in [-0.1, -0.05) is 6.07 Å². The highest BCUT2D eigenvalue weighted by Crippen LogP contribution is 2.18. The molecule has 0 heterocycles. The minimum atomic E-state index is -4.50. The molecule has 0 aliphatic rings. The minimum Gasteiger partial charge on any atom is -0.376 e. The van der Waals surface area contributed by atoms with Crippen LogP contribution in [0.1, 0.15) is 40.1 Å². The number of alkyl halides is 3. The van der Waals surface area contributed by atoms with Gasteiger partial charge in [0.1, 0.15) is 6.54 Å². The summed E-state index contributed by atoms with van der Waals surface area (Å²) in [7, 11) is 0. The first-order chi connectivity index (χ1) is 15.5. The molecule has 0 spiro atoms. The van der Waals surface area contributed by atoms with Crippen molar-refractivity contribution in [3.63, 3.8) is 0 Å². The molecule has 10 heteroatoms. The second kappa shape index (κ2) is 11.3. The molecular formula is C23H27F3N4O3. The molecule has 178 valence electrons. The van der Waals surface area contributed by atoms with Crippen LogP contribution in [0, 0.1) is 6.92 Å². The summed E-state index contributed by atoms with van der Waals surface area (Å²) in [5, 5.41) is 7.40. The number of benzene rings is 2. The van der Waals surface area contributed by atoms with E-state index in [-0.39, 0.29) is 23.9 Å². The average molecular weight is 464 g/mol. The van der Waals surface area contributed by atoms with Crippen molar-refractivity contribution >= 4 is 29.1 Å². The summed E-state index contributed by atoms with van der Waals surface area (Å²) in [5.41, 5.74) is 2.24. The van der Waals surface area contributed by atoms with E-state index in [0.717, 1.165) is 5.56 Å². The van der Waals surface area contributed by atoms with Crippen LogP contribution in [-0.4, -0.2) is 55.0 Å². The molecule has 2 rings (SSSR count). The molecule has 0 aliphatic carbocycles. The quantitative estimate of drug-likeness (QED) is 0.526. The number of amides is 3. The van der Waals surface area contributed by atoms with E-state index in [1.54, 1.807) is 42.2 Å². The SMILES string of the molecule is CCN(CC)C(=O)c1ccc(NC(=O)CNc2cc(C(=O)NCC(F)(F)F)ccc2C)cc1. The number of halogens is 3. The highest BCUT2D eigenvalue weighted by molar-refractivity contribution is 5.97. The van der Waals surface area contributed by atoms with E-state index in [0.29, 0.717) is 30.0 Å². The number of hydrogen-bond acceptors (Lipinski definition) is 4. The van der Waals surface area contributed by atoms with Crippen molar-refractivity contribution in [2.24, 2.45) is 0 Å². The summed E-state index contributed by atoms with van der Waals surface area (Å²) in [4.78, 5) is 38.3. The second-order valence-corrected chi connectivity index (χ2v) is 7.28. The Labute approximate surface area is 190 Å². The number of nitrogens with zero attached hydrogens (tertiary/aromatic N) is 1. The molecule has 0 saturated heterocycles. The summed E-state index contributed by atoms with van der Waals surface area (Å²) >= 11 is 0. The molecule has 0 radical (unpaired) electrons. The first-order valence-electron chi connectivity index (χ1n) is 10.4. The number of aryl methyl sites for hydroxylation is 1.